The molecule has 0 aliphatic carbocycles. The molecule has 1 heterocycles. The number of rotatable bonds is 1. The molecule has 0 saturated carbocycles. The van der Waals surface area contributed by atoms with E-state index in [2.05, 4.69) is 12.1 Å². The van der Waals surface area contributed by atoms with Crippen molar-refractivity contribution in [1.82, 2.24) is 4.67 Å². The first kappa shape index (κ1) is 9.88. The van der Waals surface area contributed by atoms with Gasteiger partial charge in [-0.1, -0.05) is 24.3 Å². The van der Waals surface area contributed by atoms with Crippen LogP contribution in [0.15, 0.2) is 36.4 Å². The van der Waals surface area contributed by atoms with Gasteiger partial charge in [0, 0.05) is 0 Å². The predicted molar refractivity (Wildman–Crippen MR) is 65.8 cm³/mol. The van der Waals surface area contributed by atoms with Crippen LogP contribution in [0, 0.1) is 0 Å². The molecular weight excluding hydrogens is 221 g/mol. The minimum absolute atomic E-state index is 0.916. The normalized spacial score (nSPS) is 14.9. The Morgan fingerprint density at radius 3 is 2.00 bits per heavy atom. The highest BCUT2D eigenvalue weighted by atomic mass is 31.2. The minimum Gasteiger partial charge on any atom is -0.426 e. The Balaban J connectivity index is 2.20. The van der Waals surface area contributed by atoms with Crippen molar-refractivity contribution in [3.8, 4) is 11.5 Å². The standard InChI is InChI=1S/C12H12NO2P/c1-13(2)16-14-10-7-3-5-9-6-4-8-11(15-16)12(9)10/h3-8H,1-2H3. The van der Waals surface area contributed by atoms with Crippen LogP contribution in [-0.4, -0.2) is 18.8 Å². The first-order valence-electron chi connectivity index (χ1n) is 5.11. The zero-order chi connectivity index (χ0) is 11.1. The Morgan fingerprint density at radius 2 is 1.50 bits per heavy atom. The van der Waals surface area contributed by atoms with Gasteiger partial charge in [0.25, 0.3) is 0 Å². The van der Waals surface area contributed by atoms with Crippen molar-refractivity contribution in [1.29, 1.82) is 0 Å². The maximum Gasteiger partial charge on any atom is 0.384 e. The summed E-state index contributed by atoms with van der Waals surface area (Å²) in [5, 5.41) is 2.23. The summed E-state index contributed by atoms with van der Waals surface area (Å²) < 4.78 is 13.6. The third-order valence-corrected chi connectivity index (χ3v) is 3.87. The van der Waals surface area contributed by atoms with Gasteiger partial charge in [-0.15, -0.1) is 0 Å². The van der Waals surface area contributed by atoms with Crippen molar-refractivity contribution < 1.29 is 9.05 Å². The summed E-state index contributed by atoms with van der Waals surface area (Å²) >= 11 is 0. The maximum atomic E-state index is 5.83. The average molecular weight is 233 g/mol. The second-order valence-electron chi connectivity index (χ2n) is 3.88. The summed E-state index contributed by atoms with van der Waals surface area (Å²) in [6.45, 7) is 0. The van der Waals surface area contributed by atoms with E-state index in [1.807, 2.05) is 43.0 Å². The summed E-state index contributed by atoms with van der Waals surface area (Å²) in [6.07, 6.45) is 0. The van der Waals surface area contributed by atoms with E-state index in [0.29, 0.717) is 0 Å². The van der Waals surface area contributed by atoms with Gasteiger partial charge in [0.15, 0.2) is 0 Å². The molecule has 3 rings (SSSR count). The predicted octanol–water partition coefficient (Wildman–Crippen LogP) is 3.40. The van der Waals surface area contributed by atoms with E-state index < -0.39 is 8.53 Å². The van der Waals surface area contributed by atoms with Crippen LogP contribution in [0.25, 0.3) is 10.8 Å². The van der Waals surface area contributed by atoms with Crippen LogP contribution in [-0.2, 0) is 0 Å². The molecule has 0 spiro atoms. The molecule has 16 heavy (non-hydrogen) atoms. The summed E-state index contributed by atoms with van der Waals surface area (Å²) in [6, 6.07) is 12.1. The van der Waals surface area contributed by atoms with Gasteiger partial charge in [-0.05, 0) is 31.6 Å². The van der Waals surface area contributed by atoms with Crippen molar-refractivity contribution in [3.63, 3.8) is 0 Å². The van der Waals surface area contributed by atoms with Crippen molar-refractivity contribution in [2.45, 2.75) is 0 Å². The topological polar surface area (TPSA) is 21.7 Å². The molecule has 3 nitrogen and oxygen atoms in total. The Hall–Kier alpha value is -1.31. The van der Waals surface area contributed by atoms with Gasteiger partial charge in [0.05, 0.1) is 5.39 Å². The van der Waals surface area contributed by atoms with Crippen molar-refractivity contribution in [2.75, 3.05) is 14.1 Å². The molecule has 2 aromatic carbocycles. The molecule has 4 heteroatoms. The third kappa shape index (κ3) is 1.44. The molecule has 82 valence electrons. The highest BCUT2D eigenvalue weighted by Crippen LogP contribution is 2.51. The van der Waals surface area contributed by atoms with Crippen molar-refractivity contribution >= 4 is 19.3 Å². The lowest BCUT2D eigenvalue weighted by Crippen LogP contribution is -2.15. The van der Waals surface area contributed by atoms with E-state index in [1.54, 1.807) is 0 Å². The second-order valence-corrected chi connectivity index (χ2v) is 5.52. The molecule has 0 saturated heterocycles. The summed E-state index contributed by atoms with van der Waals surface area (Å²) in [7, 11) is 2.91. The molecule has 1 aliphatic rings. The van der Waals surface area contributed by atoms with Crippen LogP contribution in [0.3, 0.4) is 0 Å². The SMILES string of the molecule is CN(C)P1Oc2cccc3cccc(c23)O1. The molecule has 0 atom stereocenters. The molecule has 1 aliphatic heterocycles. The first-order chi connectivity index (χ1) is 7.75. The molecular formula is C12H12NO2P. The molecule has 0 amide bonds. The molecule has 0 unspecified atom stereocenters. The Labute approximate surface area is 95.6 Å². The molecule has 0 bridgehead atoms. The van der Waals surface area contributed by atoms with Crippen LogP contribution in [0.4, 0.5) is 0 Å². The fraction of sp³-hybridized carbons (Fsp3) is 0.167. The van der Waals surface area contributed by atoms with Crippen LogP contribution in [0.5, 0.6) is 11.5 Å². The molecule has 0 radical (unpaired) electrons. The van der Waals surface area contributed by atoms with E-state index in [9.17, 15) is 0 Å². The van der Waals surface area contributed by atoms with E-state index in [-0.39, 0.29) is 0 Å². The van der Waals surface area contributed by atoms with Gasteiger partial charge in [-0.3, -0.25) is 0 Å². The van der Waals surface area contributed by atoms with Crippen LogP contribution >= 0.6 is 8.53 Å². The lowest BCUT2D eigenvalue weighted by atomic mass is 10.1. The Kier molecular flexibility index (Phi) is 2.23. The number of benzene rings is 2. The minimum atomic E-state index is -1.01. The highest BCUT2D eigenvalue weighted by molar-refractivity contribution is 7.45. The van der Waals surface area contributed by atoms with Crippen molar-refractivity contribution in [3.05, 3.63) is 36.4 Å². The lowest BCUT2D eigenvalue weighted by Gasteiger charge is -2.28. The van der Waals surface area contributed by atoms with Gasteiger partial charge in [0.1, 0.15) is 11.5 Å². The maximum absolute atomic E-state index is 5.83. The third-order valence-electron chi connectivity index (χ3n) is 2.51. The first-order valence-corrected chi connectivity index (χ1v) is 6.24. The van der Waals surface area contributed by atoms with Gasteiger partial charge in [0.2, 0.25) is 0 Å². The second kappa shape index (κ2) is 3.62. The van der Waals surface area contributed by atoms with Crippen LogP contribution in [0.1, 0.15) is 0 Å². The zero-order valence-electron chi connectivity index (χ0n) is 9.18. The number of hydrogen-bond acceptors (Lipinski definition) is 3. The fourth-order valence-corrected chi connectivity index (χ4v) is 2.78. The monoisotopic (exact) mass is 233 g/mol. The molecule has 0 fully saturated rings. The van der Waals surface area contributed by atoms with Crippen LogP contribution in [0.2, 0.25) is 0 Å². The number of nitrogens with zero attached hydrogens (tertiary/aromatic N) is 1. The Bertz CT molecular complexity index is 501. The van der Waals surface area contributed by atoms with E-state index >= 15 is 0 Å². The molecule has 0 N–H and O–H groups in total. The quantitative estimate of drug-likeness (QED) is 0.704. The lowest BCUT2D eigenvalue weighted by molar-refractivity contribution is 0.411. The fourth-order valence-electron chi connectivity index (χ4n) is 1.78. The highest BCUT2D eigenvalue weighted by Gasteiger charge is 2.26. The van der Waals surface area contributed by atoms with E-state index in [0.717, 1.165) is 22.3 Å². The average Bonchev–Trinajstić information content (AvgIpc) is 2.29. The van der Waals surface area contributed by atoms with E-state index in [4.69, 9.17) is 9.05 Å². The van der Waals surface area contributed by atoms with Gasteiger partial charge >= 0.3 is 8.53 Å². The summed E-state index contributed by atoms with van der Waals surface area (Å²) in [4.78, 5) is 0. The van der Waals surface area contributed by atoms with Gasteiger partial charge < -0.3 is 9.05 Å². The van der Waals surface area contributed by atoms with E-state index in [1.165, 1.54) is 0 Å². The summed E-state index contributed by atoms with van der Waals surface area (Å²) in [5.41, 5.74) is 0. The van der Waals surface area contributed by atoms with Crippen molar-refractivity contribution in [2.24, 2.45) is 0 Å². The largest absolute Gasteiger partial charge is 0.426 e. The zero-order valence-corrected chi connectivity index (χ0v) is 10.1. The Morgan fingerprint density at radius 1 is 0.938 bits per heavy atom. The number of hydrogen-bond donors (Lipinski definition) is 0. The molecule has 0 aromatic heterocycles. The smallest absolute Gasteiger partial charge is 0.384 e. The summed E-state index contributed by atoms with van der Waals surface area (Å²) in [5.74, 6) is 1.83. The molecule has 2 aromatic rings. The van der Waals surface area contributed by atoms with Gasteiger partial charge in [-0.2, -0.15) is 0 Å². The van der Waals surface area contributed by atoms with Crippen LogP contribution < -0.4 is 9.05 Å². The van der Waals surface area contributed by atoms with Gasteiger partial charge in [-0.25, -0.2) is 4.67 Å².